The van der Waals surface area contributed by atoms with E-state index < -0.39 is 6.10 Å². The largest absolute Gasteiger partial charge is 0.392 e. The van der Waals surface area contributed by atoms with Crippen LogP contribution in [0, 0.1) is 16.7 Å². The van der Waals surface area contributed by atoms with Crippen molar-refractivity contribution in [1.82, 2.24) is 5.32 Å². The van der Waals surface area contributed by atoms with E-state index in [9.17, 15) is 5.11 Å². The van der Waals surface area contributed by atoms with Gasteiger partial charge < -0.3 is 10.4 Å². The molecule has 0 aromatic rings. The molecule has 0 aliphatic carbocycles. The summed E-state index contributed by atoms with van der Waals surface area (Å²) in [6, 6.07) is 2.25. The Morgan fingerprint density at radius 1 is 1.36 bits per heavy atom. The number of aliphatic hydroxyl groups excluding tert-OH is 1. The van der Waals surface area contributed by atoms with Gasteiger partial charge in [0.15, 0.2) is 0 Å². The monoisotopic (exact) mass is 198 g/mol. The van der Waals surface area contributed by atoms with Gasteiger partial charge in [-0.2, -0.15) is 5.26 Å². The Hall–Kier alpha value is -0.590. The predicted octanol–water partition coefficient (Wildman–Crippen LogP) is 1.68. The maximum absolute atomic E-state index is 9.44. The molecule has 0 saturated heterocycles. The average Bonchev–Trinajstić information content (AvgIpc) is 2.03. The van der Waals surface area contributed by atoms with Crippen LogP contribution in [-0.4, -0.2) is 23.3 Å². The molecule has 2 N–H and O–H groups in total. The second-order valence-corrected chi connectivity index (χ2v) is 5.07. The van der Waals surface area contributed by atoms with Crippen molar-refractivity contribution in [2.45, 2.75) is 52.7 Å². The molecule has 14 heavy (non-hydrogen) atoms. The van der Waals surface area contributed by atoms with Gasteiger partial charge in [0.1, 0.15) is 0 Å². The fourth-order valence-electron chi connectivity index (χ4n) is 0.901. The zero-order valence-corrected chi connectivity index (χ0v) is 9.89. The third-order valence-corrected chi connectivity index (χ3v) is 2.68. The highest BCUT2D eigenvalue weighted by molar-refractivity contribution is 4.93. The first-order valence-electron chi connectivity index (χ1n) is 5.05. The molecule has 0 aliphatic rings. The fourth-order valence-corrected chi connectivity index (χ4v) is 0.901. The highest BCUT2D eigenvalue weighted by atomic mass is 16.3. The minimum absolute atomic E-state index is 0.286. The minimum Gasteiger partial charge on any atom is -0.392 e. The molecule has 0 radical (unpaired) electrons. The molecule has 0 heterocycles. The molecule has 0 fully saturated rings. The number of hydrogen-bond donors (Lipinski definition) is 2. The highest BCUT2D eigenvalue weighted by Crippen LogP contribution is 2.18. The summed E-state index contributed by atoms with van der Waals surface area (Å²) in [6.45, 7) is 10.3. The molecule has 0 spiro atoms. The van der Waals surface area contributed by atoms with Crippen molar-refractivity contribution < 1.29 is 5.11 Å². The molecule has 0 rings (SSSR count). The first kappa shape index (κ1) is 13.4. The van der Waals surface area contributed by atoms with Gasteiger partial charge in [-0.25, -0.2) is 0 Å². The Bertz CT molecular complexity index is 214. The number of nitriles is 1. The maximum atomic E-state index is 9.44. The first-order valence-corrected chi connectivity index (χ1v) is 5.05. The normalized spacial score (nSPS) is 14.9. The lowest BCUT2D eigenvalue weighted by Gasteiger charge is -2.30. The zero-order valence-electron chi connectivity index (χ0n) is 9.89. The molecule has 0 amide bonds. The van der Waals surface area contributed by atoms with E-state index in [4.69, 9.17) is 5.26 Å². The molecule has 0 bridgehead atoms. The van der Waals surface area contributed by atoms with Crippen molar-refractivity contribution in [3.05, 3.63) is 0 Å². The molecule has 1 unspecified atom stereocenters. The van der Waals surface area contributed by atoms with Crippen LogP contribution < -0.4 is 5.32 Å². The molecule has 3 heteroatoms. The van der Waals surface area contributed by atoms with Crippen LogP contribution in [0.2, 0.25) is 0 Å². The van der Waals surface area contributed by atoms with Crippen molar-refractivity contribution in [2.75, 3.05) is 6.54 Å². The molecule has 0 aliphatic heterocycles. The highest BCUT2D eigenvalue weighted by Gasteiger charge is 2.24. The quantitative estimate of drug-likeness (QED) is 0.706. The fraction of sp³-hybridized carbons (Fsp3) is 0.909. The third kappa shape index (κ3) is 4.59. The van der Waals surface area contributed by atoms with Gasteiger partial charge >= 0.3 is 0 Å². The van der Waals surface area contributed by atoms with Crippen LogP contribution in [0.25, 0.3) is 0 Å². The second-order valence-electron chi connectivity index (χ2n) is 5.07. The van der Waals surface area contributed by atoms with Gasteiger partial charge in [-0.15, -0.1) is 0 Å². The number of rotatable bonds is 5. The van der Waals surface area contributed by atoms with Crippen LogP contribution >= 0.6 is 0 Å². The van der Waals surface area contributed by atoms with E-state index in [1.807, 2.05) is 27.7 Å². The topological polar surface area (TPSA) is 56.0 Å². The first-order chi connectivity index (χ1) is 6.21. The molecule has 0 aromatic carbocycles. The molecule has 82 valence electrons. The van der Waals surface area contributed by atoms with Crippen LogP contribution in [0.4, 0.5) is 0 Å². The summed E-state index contributed by atoms with van der Waals surface area (Å²) in [5.74, 6) is 0. The number of hydrogen-bond acceptors (Lipinski definition) is 3. The van der Waals surface area contributed by atoms with Crippen molar-refractivity contribution >= 4 is 0 Å². The molecule has 0 aromatic heterocycles. The Balaban J connectivity index is 3.93. The predicted molar refractivity (Wildman–Crippen MR) is 57.8 cm³/mol. The van der Waals surface area contributed by atoms with Crippen LogP contribution in [0.15, 0.2) is 0 Å². The number of nitrogens with one attached hydrogen (secondary N) is 1. The smallest absolute Gasteiger partial charge is 0.0688 e. The summed E-state index contributed by atoms with van der Waals surface area (Å²) in [6.07, 6.45) is 0.396. The molecule has 1 atom stereocenters. The van der Waals surface area contributed by atoms with Gasteiger partial charge in [-0.3, -0.25) is 0 Å². The zero-order chi connectivity index (χ0) is 11.4. The standard InChI is InChI=1S/C11H22N2O/c1-9(14)11(4,5)13-7-6-10(2,3)8-12/h9,13-14H,6-7H2,1-5H3. The van der Waals surface area contributed by atoms with Crippen LogP contribution in [-0.2, 0) is 0 Å². The Labute approximate surface area is 87.1 Å². The van der Waals surface area contributed by atoms with E-state index in [1.165, 1.54) is 0 Å². The third-order valence-electron chi connectivity index (χ3n) is 2.68. The van der Waals surface area contributed by atoms with Crippen molar-refractivity contribution in [3.8, 4) is 6.07 Å². The van der Waals surface area contributed by atoms with Gasteiger partial charge in [-0.05, 0) is 47.6 Å². The van der Waals surface area contributed by atoms with Crippen LogP contribution in [0.5, 0.6) is 0 Å². The molecular weight excluding hydrogens is 176 g/mol. The molecule has 0 saturated carbocycles. The summed E-state index contributed by atoms with van der Waals surface area (Å²) >= 11 is 0. The van der Waals surface area contributed by atoms with Crippen LogP contribution in [0.1, 0.15) is 41.0 Å². The van der Waals surface area contributed by atoms with E-state index >= 15 is 0 Å². The Kier molecular flexibility index (Phi) is 4.57. The summed E-state index contributed by atoms with van der Waals surface area (Å²) in [5, 5.41) is 21.5. The van der Waals surface area contributed by atoms with E-state index in [0.29, 0.717) is 0 Å². The van der Waals surface area contributed by atoms with Gasteiger partial charge in [-0.1, -0.05) is 0 Å². The van der Waals surface area contributed by atoms with E-state index in [-0.39, 0.29) is 11.0 Å². The van der Waals surface area contributed by atoms with E-state index in [0.717, 1.165) is 13.0 Å². The maximum Gasteiger partial charge on any atom is 0.0688 e. The Morgan fingerprint density at radius 3 is 2.21 bits per heavy atom. The van der Waals surface area contributed by atoms with Gasteiger partial charge in [0.25, 0.3) is 0 Å². The minimum atomic E-state index is -0.396. The lowest BCUT2D eigenvalue weighted by molar-refractivity contribution is 0.0952. The van der Waals surface area contributed by atoms with Crippen molar-refractivity contribution in [1.29, 1.82) is 5.26 Å². The van der Waals surface area contributed by atoms with Gasteiger partial charge in [0.2, 0.25) is 0 Å². The molecular formula is C11H22N2O. The lowest BCUT2D eigenvalue weighted by atomic mass is 9.90. The average molecular weight is 198 g/mol. The summed E-state index contributed by atoms with van der Waals surface area (Å²) in [5.41, 5.74) is -0.576. The van der Waals surface area contributed by atoms with E-state index in [1.54, 1.807) is 6.92 Å². The summed E-state index contributed by atoms with van der Waals surface area (Å²) in [4.78, 5) is 0. The summed E-state index contributed by atoms with van der Waals surface area (Å²) < 4.78 is 0. The second kappa shape index (κ2) is 4.77. The van der Waals surface area contributed by atoms with Gasteiger partial charge in [0.05, 0.1) is 17.6 Å². The number of aliphatic hydroxyl groups is 1. The van der Waals surface area contributed by atoms with Gasteiger partial charge in [0, 0.05) is 5.54 Å². The summed E-state index contributed by atoms with van der Waals surface area (Å²) in [7, 11) is 0. The van der Waals surface area contributed by atoms with Crippen molar-refractivity contribution in [3.63, 3.8) is 0 Å². The Morgan fingerprint density at radius 2 is 1.86 bits per heavy atom. The van der Waals surface area contributed by atoms with Crippen molar-refractivity contribution in [2.24, 2.45) is 5.41 Å². The van der Waals surface area contributed by atoms with Crippen LogP contribution in [0.3, 0.4) is 0 Å². The number of nitrogens with zero attached hydrogens (tertiary/aromatic N) is 1. The van der Waals surface area contributed by atoms with E-state index in [2.05, 4.69) is 11.4 Å². The lowest BCUT2D eigenvalue weighted by Crippen LogP contribution is -2.49. The SMILES string of the molecule is CC(O)C(C)(C)NCCC(C)(C)C#N. The molecule has 3 nitrogen and oxygen atoms in total.